The molecule has 2 rings (SSSR count). The predicted octanol–water partition coefficient (Wildman–Crippen LogP) is 3.16. The van der Waals surface area contributed by atoms with E-state index in [0.717, 1.165) is 11.1 Å². The van der Waals surface area contributed by atoms with Gasteiger partial charge in [-0.25, -0.2) is 9.86 Å². The van der Waals surface area contributed by atoms with E-state index in [1.807, 2.05) is 0 Å². The molecule has 0 bridgehead atoms. The van der Waals surface area contributed by atoms with E-state index in [9.17, 15) is 14.7 Å². The SMILES string of the molecule is CON(C)C(=O)C1CSC(c2cc(NC(=O)OCC[Si](C)(C)C)ccc2O)=N1. The Labute approximate surface area is 170 Å². The molecule has 0 saturated carbocycles. The van der Waals surface area contributed by atoms with Crippen LogP contribution in [0.3, 0.4) is 0 Å². The molecule has 28 heavy (non-hydrogen) atoms. The van der Waals surface area contributed by atoms with E-state index >= 15 is 0 Å². The number of amides is 2. The second kappa shape index (κ2) is 9.44. The van der Waals surface area contributed by atoms with Crippen molar-refractivity contribution in [3.8, 4) is 5.75 Å². The Hall–Kier alpha value is -2.04. The second-order valence-electron chi connectivity index (χ2n) is 7.58. The largest absolute Gasteiger partial charge is 0.507 e. The number of carbonyl (C=O) groups is 2. The fourth-order valence-corrected chi connectivity index (χ4v) is 4.10. The van der Waals surface area contributed by atoms with Crippen LogP contribution in [0.4, 0.5) is 10.5 Å². The molecule has 8 nitrogen and oxygen atoms in total. The Morgan fingerprint density at radius 1 is 1.39 bits per heavy atom. The summed E-state index contributed by atoms with van der Waals surface area (Å²) in [7, 11) is 1.66. The van der Waals surface area contributed by atoms with Crippen LogP contribution < -0.4 is 5.32 Å². The maximum absolute atomic E-state index is 12.2. The predicted molar refractivity (Wildman–Crippen MR) is 114 cm³/mol. The normalized spacial score (nSPS) is 16.5. The molecule has 2 amide bonds. The Morgan fingerprint density at radius 3 is 2.75 bits per heavy atom. The summed E-state index contributed by atoms with van der Waals surface area (Å²) in [4.78, 5) is 33.5. The van der Waals surface area contributed by atoms with E-state index in [4.69, 9.17) is 9.57 Å². The molecule has 1 aliphatic heterocycles. The zero-order valence-corrected chi connectivity index (χ0v) is 18.6. The smallest absolute Gasteiger partial charge is 0.411 e. The molecular formula is C18H27N3O5SSi. The molecule has 1 heterocycles. The van der Waals surface area contributed by atoms with Gasteiger partial charge in [-0.2, -0.15) is 0 Å². The molecular weight excluding hydrogens is 398 g/mol. The Kier molecular flexibility index (Phi) is 7.50. The molecule has 1 aromatic rings. The number of carbonyl (C=O) groups excluding carboxylic acids is 2. The topological polar surface area (TPSA) is 100 Å². The maximum Gasteiger partial charge on any atom is 0.411 e. The average molecular weight is 426 g/mol. The standard InChI is InChI=1S/C18H27N3O5SSi/c1-21(25-2)17(23)14-11-27-16(20-14)13-10-12(6-7-15(13)22)19-18(24)26-8-9-28(3,4)5/h6-7,10,14,22H,8-9,11H2,1-5H3,(H,19,24). The van der Waals surface area contributed by atoms with Crippen LogP contribution in [-0.2, 0) is 14.4 Å². The summed E-state index contributed by atoms with van der Waals surface area (Å²) < 4.78 is 5.23. The molecule has 1 atom stereocenters. The zero-order chi connectivity index (χ0) is 20.9. The lowest BCUT2D eigenvalue weighted by molar-refractivity contribution is -0.169. The number of hydrogen-bond acceptors (Lipinski definition) is 7. The number of benzene rings is 1. The highest BCUT2D eigenvalue weighted by atomic mass is 32.2. The van der Waals surface area contributed by atoms with Gasteiger partial charge in [0.1, 0.15) is 16.8 Å². The van der Waals surface area contributed by atoms with Crippen molar-refractivity contribution < 1.29 is 24.3 Å². The van der Waals surface area contributed by atoms with Crippen molar-refractivity contribution in [2.45, 2.75) is 31.7 Å². The highest BCUT2D eigenvalue weighted by molar-refractivity contribution is 8.14. The van der Waals surface area contributed by atoms with Crippen LogP contribution in [0.15, 0.2) is 23.2 Å². The molecule has 10 heteroatoms. The molecule has 1 aliphatic rings. The number of anilines is 1. The number of phenols is 1. The lowest BCUT2D eigenvalue weighted by Gasteiger charge is -2.15. The minimum Gasteiger partial charge on any atom is -0.507 e. The van der Waals surface area contributed by atoms with Gasteiger partial charge in [0.15, 0.2) is 0 Å². The summed E-state index contributed by atoms with van der Waals surface area (Å²) in [6.45, 7) is 7.01. The number of thioether (sulfide) groups is 1. The summed E-state index contributed by atoms with van der Waals surface area (Å²) in [5.74, 6) is 0.222. The van der Waals surface area contributed by atoms with E-state index in [-0.39, 0.29) is 11.7 Å². The van der Waals surface area contributed by atoms with Crippen molar-refractivity contribution in [3.63, 3.8) is 0 Å². The number of nitrogens with zero attached hydrogens (tertiary/aromatic N) is 2. The minimum absolute atomic E-state index is 0.0251. The number of aliphatic imine (C=N–C) groups is 1. The molecule has 0 aliphatic carbocycles. The zero-order valence-electron chi connectivity index (χ0n) is 16.8. The van der Waals surface area contributed by atoms with Crippen LogP contribution in [0.25, 0.3) is 0 Å². The third kappa shape index (κ3) is 6.25. The maximum atomic E-state index is 12.2. The fourth-order valence-electron chi connectivity index (χ4n) is 2.34. The van der Waals surface area contributed by atoms with Crippen molar-refractivity contribution >= 4 is 42.6 Å². The van der Waals surface area contributed by atoms with Gasteiger partial charge < -0.3 is 9.84 Å². The van der Waals surface area contributed by atoms with E-state index < -0.39 is 20.2 Å². The summed E-state index contributed by atoms with van der Waals surface area (Å²) in [5, 5.41) is 14.5. The first-order valence-electron chi connectivity index (χ1n) is 8.90. The number of likely N-dealkylation sites (N-methyl/N-ethyl adjacent to an activating group) is 1. The van der Waals surface area contributed by atoms with Crippen molar-refractivity contribution in [1.29, 1.82) is 0 Å². The third-order valence-corrected chi connectivity index (χ3v) is 6.86. The van der Waals surface area contributed by atoms with Crippen LogP contribution in [-0.4, -0.2) is 67.8 Å². The Bertz CT molecular complexity index is 766. The van der Waals surface area contributed by atoms with Crippen LogP contribution in [0.2, 0.25) is 25.7 Å². The summed E-state index contributed by atoms with van der Waals surface area (Å²) in [6, 6.07) is 4.99. The van der Waals surface area contributed by atoms with Gasteiger partial charge in [-0.15, -0.1) is 11.8 Å². The van der Waals surface area contributed by atoms with E-state index in [0.29, 0.717) is 28.7 Å². The van der Waals surface area contributed by atoms with Crippen molar-refractivity contribution in [1.82, 2.24) is 5.06 Å². The summed E-state index contributed by atoms with van der Waals surface area (Å²) in [6.07, 6.45) is -0.536. The van der Waals surface area contributed by atoms with Crippen molar-refractivity contribution in [2.75, 3.05) is 31.8 Å². The highest BCUT2D eigenvalue weighted by Gasteiger charge is 2.29. The van der Waals surface area contributed by atoms with Gasteiger partial charge in [0, 0.05) is 26.6 Å². The minimum atomic E-state index is -1.27. The third-order valence-electron chi connectivity index (χ3n) is 4.08. The van der Waals surface area contributed by atoms with Gasteiger partial charge in [-0.1, -0.05) is 19.6 Å². The number of nitrogens with one attached hydrogen (secondary N) is 1. The van der Waals surface area contributed by atoms with Crippen LogP contribution in [0.5, 0.6) is 5.75 Å². The van der Waals surface area contributed by atoms with Gasteiger partial charge in [0.2, 0.25) is 0 Å². The van der Waals surface area contributed by atoms with Gasteiger partial charge in [-0.05, 0) is 24.2 Å². The Morgan fingerprint density at radius 2 is 2.11 bits per heavy atom. The van der Waals surface area contributed by atoms with E-state index in [1.165, 1.54) is 32.0 Å². The molecule has 0 aromatic heterocycles. The average Bonchev–Trinajstić information content (AvgIpc) is 3.10. The fraction of sp³-hybridized carbons (Fsp3) is 0.500. The first kappa shape index (κ1) is 22.2. The molecule has 2 N–H and O–H groups in total. The van der Waals surface area contributed by atoms with Gasteiger partial charge in [0.05, 0.1) is 19.3 Å². The van der Waals surface area contributed by atoms with Crippen LogP contribution >= 0.6 is 11.8 Å². The number of rotatable bonds is 7. The lowest BCUT2D eigenvalue weighted by Crippen LogP contribution is -2.34. The van der Waals surface area contributed by atoms with Crippen molar-refractivity contribution in [3.05, 3.63) is 23.8 Å². The number of aromatic hydroxyl groups is 1. The highest BCUT2D eigenvalue weighted by Crippen LogP contribution is 2.31. The second-order valence-corrected chi connectivity index (χ2v) is 14.2. The number of ether oxygens (including phenoxy) is 1. The molecule has 0 fully saturated rings. The van der Waals surface area contributed by atoms with Crippen molar-refractivity contribution in [2.24, 2.45) is 4.99 Å². The van der Waals surface area contributed by atoms with Crippen LogP contribution in [0, 0.1) is 0 Å². The molecule has 0 radical (unpaired) electrons. The van der Waals surface area contributed by atoms with Gasteiger partial charge >= 0.3 is 6.09 Å². The van der Waals surface area contributed by atoms with Crippen LogP contribution in [0.1, 0.15) is 5.56 Å². The molecule has 0 spiro atoms. The number of hydrogen-bond donors (Lipinski definition) is 2. The molecule has 0 saturated heterocycles. The summed E-state index contributed by atoms with van der Waals surface area (Å²) >= 11 is 1.37. The quantitative estimate of drug-likeness (QED) is 0.395. The van der Waals surface area contributed by atoms with E-state index in [1.54, 1.807) is 12.1 Å². The lowest BCUT2D eigenvalue weighted by atomic mass is 10.2. The van der Waals surface area contributed by atoms with Gasteiger partial charge in [-0.3, -0.25) is 19.9 Å². The number of phenolic OH excluding ortho intramolecular Hbond substituents is 1. The Balaban J connectivity index is 2.05. The molecule has 1 unspecified atom stereocenters. The summed E-state index contributed by atoms with van der Waals surface area (Å²) in [5.41, 5.74) is 0.943. The monoisotopic (exact) mass is 425 g/mol. The number of hydroxylamine groups is 2. The molecule has 1 aromatic carbocycles. The molecule has 154 valence electrons. The first-order chi connectivity index (χ1) is 13.1. The van der Waals surface area contributed by atoms with Gasteiger partial charge in [0.25, 0.3) is 5.91 Å². The van der Waals surface area contributed by atoms with E-state index in [2.05, 4.69) is 30.0 Å². The first-order valence-corrected chi connectivity index (χ1v) is 13.6.